The average molecular weight is 451 g/mol. The summed E-state index contributed by atoms with van der Waals surface area (Å²) in [5.74, 6) is -0.201. The molecule has 2 N–H and O–H groups in total. The number of imidazole rings is 1. The largest absolute Gasteiger partial charge is 0.494 e. The Morgan fingerprint density at radius 2 is 1.97 bits per heavy atom. The molecule has 2 aromatic heterocycles. The van der Waals surface area contributed by atoms with Crippen molar-refractivity contribution in [1.82, 2.24) is 15.0 Å². The van der Waals surface area contributed by atoms with Gasteiger partial charge in [0.2, 0.25) is 0 Å². The fraction of sp³-hybridized carbons (Fsp3) is 0.217. The van der Waals surface area contributed by atoms with Gasteiger partial charge in [0, 0.05) is 10.9 Å². The molecule has 4 rings (SSSR count). The van der Waals surface area contributed by atoms with E-state index in [1.807, 2.05) is 36.6 Å². The zero-order valence-corrected chi connectivity index (χ0v) is 18.4. The minimum Gasteiger partial charge on any atom is -0.494 e. The molecule has 2 aromatic carbocycles. The first kappa shape index (κ1) is 21.5. The van der Waals surface area contributed by atoms with Crippen LogP contribution in [0.2, 0.25) is 0 Å². The van der Waals surface area contributed by atoms with Gasteiger partial charge in [-0.3, -0.25) is 10.1 Å². The van der Waals surface area contributed by atoms with E-state index in [4.69, 9.17) is 9.47 Å². The molecule has 0 saturated carbocycles. The van der Waals surface area contributed by atoms with Gasteiger partial charge in [-0.2, -0.15) is 0 Å². The number of carbonyl (C=O) groups is 2. The zero-order chi connectivity index (χ0) is 22.5. The van der Waals surface area contributed by atoms with Crippen LogP contribution in [-0.4, -0.2) is 39.5 Å². The van der Waals surface area contributed by atoms with Crippen LogP contribution < -0.4 is 10.1 Å². The maximum atomic E-state index is 12.7. The van der Waals surface area contributed by atoms with E-state index in [-0.39, 0.29) is 0 Å². The molecule has 0 bridgehead atoms. The number of fused-ring (bicyclic) bond motifs is 1. The van der Waals surface area contributed by atoms with Gasteiger partial charge in [0.1, 0.15) is 5.75 Å². The Morgan fingerprint density at radius 3 is 2.72 bits per heavy atom. The molecule has 0 aliphatic carbocycles. The van der Waals surface area contributed by atoms with Gasteiger partial charge in [-0.1, -0.05) is 6.92 Å². The van der Waals surface area contributed by atoms with Crippen molar-refractivity contribution in [3.63, 3.8) is 0 Å². The lowest BCUT2D eigenvalue weighted by atomic mass is 10.2. The van der Waals surface area contributed by atoms with Gasteiger partial charge >= 0.3 is 5.97 Å². The summed E-state index contributed by atoms with van der Waals surface area (Å²) in [6.45, 7) is 4.32. The number of anilines is 1. The van der Waals surface area contributed by atoms with Crippen LogP contribution >= 0.6 is 11.3 Å². The summed E-state index contributed by atoms with van der Waals surface area (Å²) in [6.07, 6.45) is 0.955. The number of benzene rings is 2. The SMILES string of the molecule is CCOc1ccc(-c2csc(NC(=O)C(CC)OC(=O)c3ccc4nc[nH]c4c3)n2)cc1. The molecule has 0 spiro atoms. The van der Waals surface area contributed by atoms with Crippen molar-refractivity contribution in [1.29, 1.82) is 0 Å². The molecule has 1 unspecified atom stereocenters. The van der Waals surface area contributed by atoms with Crippen LogP contribution in [0.5, 0.6) is 5.75 Å². The summed E-state index contributed by atoms with van der Waals surface area (Å²) in [7, 11) is 0. The second-order valence-corrected chi connectivity index (χ2v) is 7.78. The number of H-pyrrole nitrogens is 1. The summed E-state index contributed by atoms with van der Waals surface area (Å²) in [5, 5.41) is 5.04. The van der Waals surface area contributed by atoms with E-state index in [0.717, 1.165) is 28.0 Å². The fourth-order valence-electron chi connectivity index (χ4n) is 3.12. The number of esters is 1. The maximum Gasteiger partial charge on any atom is 0.338 e. The summed E-state index contributed by atoms with van der Waals surface area (Å²) in [6, 6.07) is 12.6. The van der Waals surface area contributed by atoms with Gasteiger partial charge < -0.3 is 14.5 Å². The Morgan fingerprint density at radius 1 is 1.16 bits per heavy atom. The molecule has 1 amide bonds. The molecular weight excluding hydrogens is 428 g/mol. The van der Waals surface area contributed by atoms with Crippen molar-refractivity contribution < 1.29 is 19.1 Å². The predicted octanol–water partition coefficient (Wildman–Crippen LogP) is 4.66. The number of carbonyl (C=O) groups excluding carboxylic acids is 2. The Hall–Kier alpha value is -3.72. The van der Waals surface area contributed by atoms with Crippen LogP contribution in [0.4, 0.5) is 5.13 Å². The van der Waals surface area contributed by atoms with E-state index in [1.54, 1.807) is 31.5 Å². The lowest BCUT2D eigenvalue weighted by Crippen LogP contribution is -2.32. The number of rotatable bonds is 8. The lowest BCUT2D eigenvalue weighted by molar-refractivity contribution is -0.124. The summed E-state index contributed by atoms with van der Waals surface area (Å²) in [4.78, 5) is 36.8. The number of hydrogen-bond acceptors (Lipinski definition) is 7. The highest BCUT2D eigenvalue weighted by atomic mass is 32.1. The quantitative estimate of drug-likeness (QED) is 0.378. The molecule has 9 heteroatoms. The molecule has 1 atom stereocenters. The smallest absolute Gasteiger partial charge is 0.338 e. The first-order chi connectivity index (χ1) is 15.6. The molecule has 164 valence electrons. The average Bonchev–Trinajstić information content (AvgIpc) is 3.47. The van der Waals surface area contributed by atoms with Crippen molar-refractivity contribution in [3.05, 3.63) is 59.7 Å². The molecule has 8 nitrogen and oxygen atoms in total. The molecule has 4 aromatic rings. The van der Waals surface area contributed by atoms with Gasteiger partial charge in [-0.15, -0.1) is 11.3 Å². The molecule has 0 saturated heterocycles. The monoisotopic (exact) mass is 450 g/mol. The van der Waals surface area contributed by atoms with E-state index in [1.165, 1.54) is 11.3 Å². The molecular formula is C23H22N4O4S. The summed E-state index contributed by atoms with van der Waals surface area (Å²) in [5.41, 5.74) is 3.48. The van der Waals surface area contributed by atoms with E-state index in [2.05, 4.69) is 20.3 Å². The standard InChI is InChI=1S/C23H22N4O4S/c1-3-20(31-22(29)15-7-10-17-18(11-15)25-13-24-17)21(28)27-23-26-19(12-32-23)14-5-8-16(9-6-14)30-4-2/h5-13,20H,3-4H2,1-2H3,(H,24,25)(H,26,27,28). The van der Waals surface area contributed by atoms with Crippen LogP contribution in [-0.2, 0) is 9.53 Å². The van der Waals surface area contributed by atoms with Crippen LogP contribution in [0.15, 0.2) is 54.2 Å². The third-order valence-corrected chi connectivity index (χ3v) is 5.52. The summed E-state index contributed by atoms with van der Waals surface area (Å²) < 4.78 is 10.9. The van der Waals surface area contributed by atoms with E-state index in [9.17, 15) is 9.59 Å². The molecule has 2 heterocycles. The molecule has 0 fully saturated rings. The highest BCUT2D eigenvalue weighted by Gasteiger charge is 2.23. The van der Waals surface area contributed by atoms with E-state index < -0.39 is 18.0 Å². The normalized spacial score (nSPS) is 11.8. The number of hydrogen-bond donors (Lipinski definition) is 2. The first-order valence-corrected chi connectivity index (χ1v) is 11.1. The molecule has 32 heavy (non-hydrogen) atoms. The topological polar surface area (TPSA) is 106 Å². The van der Waals surface area contributed by atoms with Crippen molar-refractivity contribution in [2.45, 2.75) is 26.4 Å². The lowest BCUT2D eigenvalue weighted by Gasteiger charge is -2.15. The van der Waals surface area contributed by atoms with Crippen LogP contribution in [0.1, 0.15) is 30.6 Å². The van der Waals surface area contributed by atoms with Crippen LogP contribution in [0, 0.1) is 0 Å². The number of ether oxygens (including phenoxy) is 2. The Kier molecular flexibility index (Phi) is 6.46. The first-order valence-electron chi connectivity index (χ1n) is 10.2. The Balaban J connectivity index is 1.40. The maximum absolute atomic E-state index is 12.7. The predicted molar refractivity (Wildman–Crippen MR) is 123 cm³/mol. The van der Waals surface area contributed by atoms with Gasteiger partial charge in [-0.25, -0.2) is 14.8 Å². The van der Waals surface area contributed by atoms with Gasteiger partial charge in [-0.05, 0) is 55.8 Å². The third kappa shape index (κ3) is 4.78. The second-order valence-electron chi connectivity index (χ2n) is 6.92. The van der Waals surface area contributed by atoms with Gasteiger partial charge in [0.05, 0.1) is 35.2 Å². The minimum absolute atomic E-state index is 0.334. The fourth-order valence-corrected chi connectivity index (χ4v) is 3.84. The highest BCUT2D eigenvalue weighted by molar-refractivity contribution is 7.14. The number of amides is 1. The van der Waals surface area contributed by atoms with Gasteiger partial charge in [0.15, 0.2) is 11.2 Å². The number of aromatic nitrogens is 3. The number of aromatic amines is 1. The van der Waals surface area contributed by atoms with E-state index in [0.29, 0.717) is 23.7 Å². The summed E-state index contributed by atoms with van der Waals surface area (Å²) >= 11 is 1.31. The second kappa shape index (κ2) is 9.61. The number of nitrogens with one attached hydrogen (secondary N) is 2. The van der Waals surface area contributed by atoms with Crippen molar-refractivity contribution in [2.24, 2.45) is 0 Å². The Bertz CT molecular complexity index is 1230. The zero-order valence-electron chi connectivity index (χ0n) is 17.6. The molecule has 0 aliphatic rings. The molecule has 0 aliphatic heterocycles. The van der Waals surface area contributed by atoms with Crippen molar-refractivity contribution in [3.8, 4) is 17.0 Å². The highest BCUT2D eigenvalue weighted by Crippen LogP contribution is 2.27. The number of thiazole rings is 1. The number of nitrogens with zero attached hydrogens (tertiary/aromatic N) is 2. The van der Waals surface area contributed by atoms with Gasteiger partial charge in [0.25, 0.3) is 5.91 Å². The van der Waals surface area contributed by atoms with Crippen LogP contribution in [0.25, 0.3) is 22.3 Å². The van der Waals surface area contributed by atoms with Crippen molar-refractivity contribution >= 4 is 39.4 Å². The van der Waals surface area contributed by atoms with Crippen molar-refractivity contribution in [2.75, 3.05) is 11.9 Å². The van der Waals surface area contributed by atoms with E-state index >= 15 is 0 Å². The molecule has 0 radical (unpaired) electrons. The minimum atomic E-state index is -0.933. The Labute approximate surface area is 188 Å². The third-order valence-electron chi connectivity index (χ3n) is 4.76. The van der Waals surface area contributed by atoms with Crippen LogP contribution in [0.3, 0.4) is 0 Å².